The molecule has 0 atom stereocenters. The van der Waals surface area contributed by atoms with Crippen molar-refractivity contribution in [2.24, 2.45) is 11.5 Å². The number of amides is 4. The van der Waals surface area contributed by atoms with Crippen LogP contribution in [0.4, 0.5) is 42.1 Å². The van der Waals surface area contributed by atoms with Gasteiger partial charge < -0.3 is 50.9 Å². The second-order valence-electron chi connectivity index (χ2n) is 12.6. The molecule has 7 N–H and O–H groups in total. The first-order valence-corrected chi connectivity index (χ1v) is 19.4. The zero-order chi connectivity index (χ0) is 56.4. The van der Waals surface area contributed by atoms with Crippen molar-refractivity contribution in [3.8, 4) is 40.2 Å². The van der Waals surface area contributed by atoms with Gasteiger partial charge in [-0.25, -0.2) is 14.4 Å². The number of alkyl halides is 6. The van der Waals surface area contributed by atoms with E-state index in [1.807, 2.05) is 0 Å². The lowest BCUT2D eigenvalue weighted by molar-refractivity contribution is -0.275. The van der Waals surface area contributed by atoms with Gasteiger partial charge in [-0.15, -0.1) is 26.3 Å². The summed E-state index contributed by atoms with van der Waals surface area (Å²) in [6.45, 7) is 0. The predicted molar refractivity (Wildman–Crippen MR) is 235 cm³/mol. The van der Waals surface area contributed by atoms with E-state index in [4.69, 9.17) is 75.6 Å². The van der Waals surface area contributed by atoms with Crippen LogP contribution in [-0.4, -0.2) is 65.5 Å². The molecule has 16 nitrogen and oxygen atoms in total. The van der Waals surface area contributed by atoms with E-state index in [1.165, 1.54) is 42.6 Å². The topological polar surface area (TPSA) is 237 Å². The third-order valence-electron chi connectivity index (χ3n) is 7.78. The maximum atomic E-state index is 13.7. The van der Waals surface area contributed by atoms with E-state index >= 15 is 0 Å². The molecule has 0 aliphatic rings. The Morgan fingerprint density at radius 2 is 1.07 bits per heavy atom. The van der Waals surface area contributed by atoms with Crippen molar-refractivity contribution < 1.29 is 86.9 Å². The van der Waals surface area contributed by atoms with Gasteiger partial charge in [0.05, 0.1) is 61.7 Å². The number of phenols is 1. The fourth-order valence-electron chi connectivity index (χ4n) is 4.97. The van der Waals surface area contributed by atoms with Crippen LogP contribution in [0, 0.1) is 5.82 Å². The van der Waals surface area contributed by atoms with E-state index in [9.17, 15) is 55.0 Å². The van der Waals surface area contributed by atoms with Crippen LogP contribution in [0.5, 0.6) is 40.2 Å². The quantitative estimate of drug-likeness (QED) is 0.0720. The normalized spacial score (nSPS) is 12.4. The number of rotatable bonds is 12. The van der Waals surface area contributed by atoms with Crippen LogP contribution in [0.3, 0.4) is 0 Å². The number of pyridine rings is 2. The molecular formula is C42H29Cl4F7N6O10. The number of nitrogens with zero attached hydrogens (tertiary/aromatic N) is 2. The summed E-state index contributed by atoms with van der Waals surface area (Å²) in [5, 5.41) is 13.9. The highest BCUT2D eigenvalue weighted by Gasteiger charge is 2.32. The second-order valence-corrected chi connectivity index (χ2v) is 14.3. The molecule has 0 saturated carbocycles. The van der Waals surface area contributed by atoms with E-state index in [-0.39, 0.29) is 59.7 Å². The predicted octanol–water partition coefficient (Wildman–Crippen LogP) is 10.6. The Morgan fingerprint density at radius 1 is 0.609 bits per heavy atom. The summed E-state index contributed by atoms with van der Waals surface area (Å²) < 4.78 is 151. The molecule has 0 aliphatic heterocycles. The first-order chi connectivity index (χ1) is 34.6. The number of primary amides is 2. The number of nitrogens with two attached hydrogens (primary N) is 2. The number of phenolic OH excluding ortho intramolecular Hbond substituents is 1. The van der Waals surface area contributed by atoms with Gasteiger partial charge in [0.15, 0.2) is 23.0 Å². The number of nitrogens with one attached hydrogen (secondary N) is 2. The standard InChI is InChI=1S/C21H14Cl2F3N3O5.C13H8Cl2FN3O2.C8H7F3O3/c1-32-16-8-12(34-21(24,25)26)3-5-15(16)33-17-7-10(22)6-13(23)18(17)20(31)29-11-2-4-14(19(27)30)28-9-11;14-6-3-8(15)11(9(16)4-6)13(21)19-7-1-2-10(12(17)20)18-5-7;1-13-7-4-5(2-3-6(7)12)14-8(9,10)11/h2-9H,1H3,(H2,27,30)(H,29,31);1-5H,(H2,17,20)(H,19,21);2-4,12H,1H3/i1D3;;1D3. The summed E-state index contributed by atoms with van der Waals surface area (Å²) in [6, 6.07) is 14.7. The number of anilines is 2. The van der Waals surface area contributed by atoms with Crippen molar-refractivity contribution >= 4 is 81.4 Å². The van der Waals surface area contributed by atoms with Crippen molar-refractivity contribution in [3.05, 3.63) is 146 Å². The molecule has 0 radical (unpaired) electrons. The van der Waals surface area contributed by atoms with Gasteiger partial charge in [0.1, 0.15) is 40.0 Å². The molecule has 27 heteroatoms. The average molecular weight is 1060 g/mol. The lowest BCUT2D eigenvalue weighted by Crippen LogP contribution is -2.17. The van der Waals surface area contributed by atoms with Crippen molar-refractivity contribution in [1.82, 2.24) is 9.97 Å². The monoisotopic (exact) mass is 1060 g/mol. The summed E-state index contributed by atoms with van der Waals surface area (Å²) >= 11 is 23.7. The molecule has 0 aliphatic carbocycles. The van der Waals surface area contributed by atoms with Gasteiger partial charge in [-0.05, 0) is 66.7 Å². The van der Waals surface area contributed by atoms with E-state index in [0.29, 0.717) is 12.1 Å². The third kappa shape index (κ3) is 16.4. The number of hydrogen-bond acceptors (Lipinski definition) is 12. The Bertz CT molecular complexity index is 3050. The highest BCUT2D eigenvalue weighted by Crippen LogP contribution is 2.40. The van der Waals surface area contributed by atoms with E-state index in [2.05, 4.69) is 34.8 Å². The molecule has 4 amide bonds. The number of ether oxygens (including phenoxy) is 5. The summed E-state index contributed by atoms with van der Waals surface area (Å²) in [7, 11) is -5.96. The highest BCUT2D eigenvalue weighted by molar-refractivity contribution is 6.38. The van der Waals surface area contributed by atoms with E-state index < -0.39 is 90.7 Å². The van der Waals surface area contributed by atoms with Crippen LogP contribution in [0.2, 0.25) is 20.1 Å². The maximum absolute atomic E-state index is 13.7. The molecule has 0 bridgehead atoms. The Morgan fingerprint density at radius 3 is 1.54 bits per heavy atom. The van der Waals surface area contributed by atoms with Crippen molar-refractivity contribution in [2.45, 2.75) is 12.7 Å². The molecule has 6 rings (SSSR count). The Kier molecular flexibility index (Phi) is 15.4. The number of hydrogen-bond donors (Lipinski definition) is 5. The number of aromatic nitrogens is 2. The molecule has 2 heterocycles. The zero-order valence-electron chi connectivity index (χ0n) is 39.6. The molecule has 4 aromatic carbocycles. The summed E-state index contributed by atoms with van der Waals surface area (Å²) in [6.07, 6.45) is -7.59. The number of methoxy groups -OCH3 is 2. The molecule has 6 aromatic rings. The molecule has 0 saturated heterocycles. The third-order valence-corrected chi connectivity index (χ3v) is 8.81. The highest BCUT2D eigenvalue weighted by atomic mass is 35.5. The van der Waals surface area contributed by atoms with Gasteiger partial charge in [-0.3, -0.25) is 19.2 Å². The largest absolute Gasteiger partial charge is 0.573 e. The van der Waals surface area contributed by atoms with Crippen molar-refractivity contribution in [3.63, 3.8) is 0 Å². The van der Waals surface area contributed by atoms with Gasteiger partial charge in [0, 0.05) is 28.2 Å². The van der Waals surface area contributed by atoms with Crippen molar-refractivity contribution in [1.29, 1.82) is 0 Å². The molecule has 0 spiro atoms. The molecule has 0 fully saturated rings. The average Bonchev–Trinajstić information content (AvgIpc) is 3.24. The van der Waals surface area contributed by atoms with Gasteiger partial charge in [0.25, 0.3) is 23.6 Å². The maximum Gasteiger partial charge on any atom is 0.573 e. The summed E-state index contributed by atoms with van der Waals surface area (Å²) in [5.74, 6) is -7.95. The number of carbonyl (C=O) groups is 4. The molecule has 0 unspecified atom stereocenters. The molecule has 2 aromatic heterocycles. The van der Waals surface area contributed by atoms with Crippen LogP contribution in [0.1, 0.15) is 49.9 Å². The van der Waals surface area contributed by atoms with Gasteiger partial charge in [0.2, 0.25) is 0 Å². The number of halogens is 11. The summed E-state index contributed by atoms with van der Waals surface area (Å²) in [4.78, 5) is 54.6. The fraction of sp³-hybridized carbons (Fsp3) is 0.0952. The number of aromatic hydroxyl groups is 1. The molecular weight excluding hydrogens is 1020 g/mol. The number of carbonyl (C=O) groups excluding carboxylic acids is 4. The molecule has 69 heavy (non-hydrogen) atoms. The van der Waals surface area contributed by atoms with Gasteiger partial charge >= 0.3 is 12.7 Å². The van der Waals surface area contributed by atoms with Gasteiger partial charge in [-0.2, -0.15) is 0 Å². The Labute approximate surface area is 412 Å². The molecule has 364 valence electrons. The van der Waals surface area contributed by atoms with E-state index in [0.717, 1.165) is 42.6 Å². The fourth-order valence-corrected chi connectivity index (χ4v) is 6.08. The first-order valence-electron chi connectivity index (χ1n) is 20.9. The van der Waals surface area contributed by atoms with Crippen LogP contribution in [-0.2, 0) is 0 Å². The zero-order valence-corrected chi connectivity index (χ0v) is 36.6. The summed E-state index contributed by atoms with van der Waals surface area (Å²) in [5.41, 5.74) is 9.96. The van der Waals surface area contributed by atoms with Crippen LogP contribution in [0.25, 0.3) is 0 Å². The first kappa shape index (κ1) is 45.3. The van der Waals surface area contributed by atoms with Crippen LogP contribution < -0.4 is 45.8 Å². The van der Waals surface area contributed by atoms with Crippen LogP contribution in [0.15, 0.2) is 97.3 Å². The second kappa shape index (κ2) is 23.5. The van der Waals surface area contributed by atoms with Gasteiger partial charge in [-0.1, -0.05) is 46.4 Å². The van der Waals surface area contributed by atoms with E-state index in [1.54, 1.807) is 0 Å². The minimum absolute atomic E-state index is 0.0133. The lowest BCUT2D eigenvalue weighted by atomic mass is 10.1. The minimum atomic E-state index is -5.06. The SMILES string of the molecule is NC(=O)c1ccc(NC(=O)c2c(F)cc(Cl)cc2Cl)cn1.[2H]C([2H])([2H])Oc1cc(OC(F)(F)F)ccc1O.[2H]C([2H])([2H])Oc1cc(OC(F)(F)F)ccc1Oc1cc(Cl)cc(Cl)c1C(=O)Nc1ccc(C(N)=O)nc1. The smallest absolute Gasteiger partial charge is 0.504 e. The minimum Gasteiger partial charge on any atom is -0.504 e. The Hall–Kier alpha value is -7.47. The number of benzene rings is 4. The Balaban J connectivity index is 0.000000269. The van der Waals surface area contributed by atoms with Crippen molar-refractivity contribution in [2.75, 3.05) is 24.7 Å². The lowest BCUT2D eigenvalue weighted by Gasteiger charge is -2.16. The van der Waals surface area contributed by atoms with Crippen LogP contribution >= 0.6 is 46.4 Å².